The standard InChI is InChI=1S/C18H25ClN2O6/c1-10(2)27-15-12(19)7-11(8-13(15)25-6)16(23)26-9-14(22)20-17(24)21-18(3,4)5/h7-8,10H,9H2,1-6H3,(H2,20,21,22,24). The second kappa shape index (κ2) is 9.45. The van der Waals surface area contributed by atoms with Crippen molar-refractivity contribution in [2.75, 3.05) is 13.7 Å². The molecule has 1 rings (SSSR count). The number of carbonyl (C=O) groups is 3. The molecule has 9 heteroatoms. The molecule has 0 unspecified atom stereocenters. The van der Waals surface area contributed by atoms with Crippen molar-refractivity contribution in [2.45, 2.75) is 46.3 Å². The molecular formula is C18H25ClN2O6. The van der Waals surface area contributed by atoms with Crippen molar-refractivity contribution in [1.29, 1.82) is 0 Å². The van der Waals surface area contributed by atoms with E-state index in [4.69, 9.17) is 25.8 Å². The molecule has 0 saturated carbocycles. The molecule has 0 bridgehead atoms. The van der Waals surface area contributed by atoms with E-state index < -0.39 is 30.1 Å². The predicted octanol–water partition coefficient (Wildman–Crippen LogP) is 2.92. The number of urea groups is 1. The van der Waals surface area contributed by atoms with Gasteiger partial charge >= 0.3 is 12.0 Å². The lowest BCUT2D eigenvalue weighted by Crippen LogP contribution is -2.49. The summed E-state index contributed by atoms with van der Waals surface area (Å²) < 4.78 is 15.7. The topological polar surface area (TPSA) is 103 Å². The van der Waals surface area contributed by atoms with Crippen molar-refractivity contribution in [3.63, 3.8) is 0 Å². The summed E-state index contributed by atoms with van der Waals surface area (Å²) in [5, 5.41) is 4.80. The molecule has 150 valence electrons. The highest BCUT2D eigenvalue weighted by molar-refractivity contribution is 6.32. The van der Waals surface area contributed by atoms with E-state index in [2.05, 4.69) is 10.6 Å². The third-order valence-corrected chi connectivity index (χ3v) is 3.18. The van der Waals surface area contributed by atoms with Gasteiger partial charge in [0, 0.05) is 5.54 Å². The van der Waals surface area contributed by atoms with E-state index in [1.165, 1.54) is 19.2 Å². The number of amides is 3. The van der Waals surface area contributed by atoms with Gasteiger partial charge in [-0.25, -0.2) is 9.59 Å². The number of esters is 1. The zero-order chi connectivity index (χ0) is 20.8. The first-order valence-electron chi connectivity index (χ1n) is 8.26. The first-order valence-corrected chi connectivity index (χ1v) is 8.64. The van der Waals surface area contributed by atoms with Gasteiger partial charge in [-0.1, -0.05) is 11.6 Å². The number of carbonyl (C=O) groups excluding carboxylic acids is 3. The molecule has 0 aliphatic rings. The molecule has 0 heterocycles. The minimum Gasteiger partial charge on any atom is -0.493 e. The van der Waals surface area contributed by atoms with E-state index in [1.807, 2.05) is 13.8 Å². The number of nitrogens with one attached hydrogen (secondary N) is 2. The van der Waals surface area contributed by atoms with Crippen molar-refractivity contribution in [3.8, 4) is 11.5 Å². The smallest absolute Gasteiger partial charge is 0.338 e. The number of benzene rings is 1. The summed E-state index contributed by atoms with van der Waals surface area (Å²) in [5.74, 6) is -0.986. The highest BCUT2D eigenvalue weighted by Gasteiger charge is 2.20. The Kier molecular flexibility index (Phi) is 7.90. The van der Waals surface area contributed by atoms with Crippen LogP contribution in [0.4, 0.5) is 4.79 Å². The number of imide groups is 1. The normalized spacial score (nSPS) is 11.0. The van der Waals surface area contributed by atoms with E-state index >= 15 is 0 Å². The van der Waals surface area contributed by atoms with Gasteiger partial charge in [-0.3, -0.25) is 10.1 Å². The van der Waals surface area contributed by atoms with Crippen molar-refractivity contribution in [2.24, 2.45) is 0 Å². The number of hydrogen-bond donors (Lipinski definition) is 2. The van der Waals surface area contributed by atoms with Crippen molar-refractivity contribution >= 4 is 29.5 Å². The SMILES string of the molecule is COc1cc(C(=O)OCC(=O)NC(=O)NC(C)(C)C)cc(Cl)c1OC(C)C. The minimum atomic E-state index is -0.794. The van der Waals surface area contributed by atoms with E-state index in [0.717, 1.165) is 0 Å². The number of ether oxygens (including phenoxy) is 3. The molecule has 0 radical (unpaired) electrons. The second-order valence-corrected chi connectivity index (χ2v) is 7.39. The first kappa shape index (κ1) is 22.6. The summed E-state index contributed by atoms with van der Waals surface area (Å²) in [5.41, 5.74) is -0.423. The van der Waals surface area contributed by atoms with Crippen LogP contribution in [0.3, 0.4) is 0 Å². The average molecular weight is 401 g/mol. The quantitative estimate of drug-likeness (QED) is 0.711. The molecule has 0 spiro atoms. The fourth-order valence-corrected chi connectivity index (χ4v) is 2.19. The van der Waals surface area contributed by atoms with Crippen LogP contribution in [0.2, 0.25) is 5.02 Å². The molecule has 0 atom stereocenters. The van der Waals surface area contributed by atoms with E-state index in [9.17, 15) is 14.4 Å². The lowest BCUT2D eigenvalue weighted by atomic mass is 10.1. The van der Waals surface area contributed by atoms with Crippen molar-refractivity contribution in [3.05, 3.63) is 22.7 Å². The highest BCUT2D eigenvalue weighted by atomic mass is 35.5. The Labute approximate surface area is 163 Å². The fourth-order valence-electron chi connectivity index (χ4n) is 1.94. The molecule has 0 fully saturated rings. The van der Waals surface area contributed by atoms with Crippen LogP contribution in [0, 0.1) is 0 Å². The van der Waals surface area contributed by atoms with E-state index in [1.54, 1.807) is 20.8 Å². The molecule has 1 aromatic carbocycles. The van der Waals surface area contributed by atoms with Gasteiger partial charge in [-0.05, 0) is 46.8 Å². The van der Waals surface area contributed by atoms with Crippen LogP contribution >= 0.6 is 11.6 Å². The Morgan fingerprint density at radius 1 is 1.19 bits per heavy atom. The lowest BCUT2D eigenvalue weighted by Gasteiger charge is -2.20. The molecular weight excluding hydrogens is 376 g/mol. The van der Waals surface area contributed by atoms with Crippen molar-refractivity contribution < 1.29 is 28.6 Å². The number of hydrogen-bond acceptors (Lipinski definition) is 6. The van der Waals surface area contributed by atoms with Crippen LogP contribution in [0.25, 0.3) is 0 Å². The molecule has 0 aliphatic carbocycles. The summed E-state index contributed by atoms with van der Waals surface area (Å²) in [6, 6.07) is 2.08. The summed E-state index contributed by atoms with van der Waals surface area (Å²) in [7, 11) is 1.41. The number of halogens is 1. The molecule has 0 aromatic heterocycles. The van der Waals surface area contributed by atoms with Gasteiger partial charge in [0.2, 0.25) is 0 Å². The predicted molar refractivity (Wildman–Crippen MR) is 100 cm³/mol. The Bertz CT molecular complexity index is 713. The number of rotatable bonds is 6. The van der Waals surface area contributed by atoms with Crippen LogP contribution in [-0.2, 0) is 9.53 Å². The average Bonchev–Trinajstić information content (AvgIpc) is 2.51. The maximum Gasteiger partial charge on any atom is 0.338 e. The Hall–Kier alpha value is -2.48. The monoisotopic (exact) mass is 400 g/mol. The molecule has 27 heavy (non-hydrogen) atoms. The second-order valence-electron chi connectivity index (χ2n) is 6.98. The Morgan fingerprint density at radius 2 is 1.81 bits per heavy atom. The third-order valence-electron chi connectivity index (χ3n) is 2.89. The third kappa shape index (κ3) is 7.74. The summed E-state index contributed by atoms with van der Waals surface area (Å²) >= 11 is 6.15. The summed E-state index contributed by atoms with van der Waals surface area (Å²) in [4.78, 5) is 35.5. The molecule has 3 amide bonds. The molecule has 1 aromatic rings. The first-order chi connectivity index (χ1) is 12.4. The molecule has 8 nitrogen and oxygen atoms in total. The van der Waals surface area contributed by atoms with Gasteiger partial charge in [0.15, 0.2) is 18.1 Å². The van der Waals surface area contributed by atoms with Crippen LogP contribution < -0.4 is 20.1 Å². The minimum absolute atomic E-state index is 0.0832. The van der Waals surface area contributed by atoms with E-state index in [-0.39, 0.29) is 22.4 Å². The Morgan fingerprint density at radius 3 is 2.33 bits per heavy atom. The van der Waals surface area contributed by atoms with E-state index in [0.29, 0.717) is 5.75 Å². The van der Waals surface area contributed by atoms with Gasteiger partial charge in [0.05, 0.1) is 23.8 Å². The van der Waals surface area contributed by atoms with Gasteiger partial charge in [-0.2, -0.15) is 0 Å². The fraction of sp³-hybridized carbons (Fsp3) is 0.500. The lowest BCUT2D eigenvalue weighted by molar-refractivity contribution is -0.123. The highest BCUT2D eigenvalue weighted by Crippen LogP contribution is 2.37. The van der Waals surface area contributed by atoms with Crippen molar-refractivity contribution in [1.82, 2.24) is 10.6 Å². The largest absolute Gasteiger partial charge is 0.493 e. The molecule has 0 saturated heterocycles. The summed E-state index contributed by atoms with van der Waals surface area (Å²) in [6.45, 7) is 8.32. The number of methoxy groups -OCH3 is 1. The molecule has 2 N–H and O–H groups in total. The van der Waals surface area contributed by atoms with Gasteiger partial charge < -0.3 is 19.5 Å². The van der Waals surface area contributed by atoms with Gasteiger partial charge in [0.25, 0.3) is 5.91 Å². The van der Waals surface area contributed by atoms with Gasteiger partial charge in [0.1, 0.15) is 0 Å². The van der Waals surface area contributed by atoms with Crippen LogP contribution in [0.5, 0.6) is 11.5 Å². The molecule has 0 aliphatic heterocycles. The van der Waals surface area contributed by atoms with Crippen LogP contribution in [0.15, 0.2) is 12.1 Å². The zero-order valence-corrected chi connectivity index (χ0v) is 17.0. The van der Waals surface area contributed by atoms with Crippen LogP contribution in [0.1, 0.15) is 45.0 Å². The maximum absolute atomic E-state index is 12.2. The maximum atomic E-state index is 12.2. The summed E-state index contributed by atoms with van der Waals surface area (Å²) in [6.07, 6.45) is -0.142. The van der Waals surface area contributed by atoms with Gasteiger partial charge in [-0.15, -0.1) is 0 Å². The zero-order valence-electron chi connectivity index (χ0n) is 16.3. The Balaban J connectivity index is 2.73. The van der Waals surface area contributed by atoms with Crippen LogP contribution in [-0.4, -0.2) is 43.3 Å².